The van der Waals surface area contributed by atoms with Gasteiger partial charge in [-0.2, -0.15) is 5.26 Å². The molecule has 0 aliphatic carbocycles. The number of aromatic carboxylic acids is 1. The predicted molar refractivity (Wildman–Crippen MR) is 76.9 cm³/mol. The molecule has 2 aromatic rings. The minimum atomic E-state index is -1.01. The quantitative estimate of drug-likeness (QED) is 0.874. The third kappa shape index (κ3) is 3.29. The average Bonchev–Trinajstić information content (AvgIpc) is 2.46. The maximum Gasteiger partial charge on any atom is 0.338 e. The molecular formula is C14H9ClN2O2S. The van der Waals surface area contributed by atoms with Gasteiger partial charge in [-0.25, -0.2) is 9.78 Å². The zero-order valence-electron chi connectivity index (χ0n) is 10.2. The first kappa shape index (κ1) is 14.4. The molecule has 0 saturated carbocycles. The summed E-state index contributed by atoms with van der Waals surface area (Å²) in [6.07, 6.45) is 1.55. The van der Waals surface area contributed by atoms with E-state index in [4.69, 9.17) is 22.0 Å². The van der Waals surface area contributed by atoms with Gasteiger partial charge in [0.25, 0.3) is 0 Å². The van der Waals surface area contributed by atoms with Crippen LogP contribution in [-0.2, 0) is 5.75 Å². The lowest BCUT2D eigenvalue weighted by atomic mass is 10.2. The number of halogens is 1. The van der Waals surface area contributed by atoms with E-state index in [-0.39, 0.29) is 5.56 Å². The fourth-order valence-corrected chi connectivity index (χ4v) is 2.87. The van der Waals surface area contributed by atoms with Crippen LogP contribution in [0.1, 0.15) is 21.5 Å². The fourth-order valence-electron chi connectivity index (χ4n) is 1.55. The van der Waals surface area contributed by atoms with Crippen molar-refractivity contribution in [3.8, 4) is 6.07 Å². The SMILES string of the molecule is N#Cc1ccc(CSc2ncccc2C(=O)O)c(Cl)c1. The summed E-state index contributed by atoms with van der Waals surface area (Å²) < 4.78 is 0. The number of pyridine rings is 1. The van der Waals surface area contributed by atoms with E-state index in [1.54, 1.807) is 30.5 Å². The van der Waals surface area contributed by atoms with Crippen molar-refractivity contribution < 1.29 is 9.90 Å². The van der Waals surface area contributed by atoms with Crippen LogP contribution in [0, 0.1) is 11.3 Å². The number of carboxylic acid groups (broad SMARTS) is 1. The Morgan fingerprint density at radius 2 is 2.25 bits per heavy atom. The van der Waals surface area contributed by atoms with E-state index in [0.29, 0.717) is 21.4 Å². The number of nitriles is 1. The molecule has 1 heterocycles. The largest absolute Gasteiger partial charge is 0.478 e. The Morgan fingerprint density at radius 3 is 2.90 bits per heavy atom. The van der Waals surface area contributed by atoms with Crippen molar-refractivity contribution >= 4 is 29.3 Å². The third-order valence-electron chi connectivity index (χ3n) is 2.55. The number of rotatable bonds is 4. The highest BCUT2D eigenvalue weighted by Gasteiger charge is 2.12. The molecule has 0 bridgehead atoms. The molecule has 6 heteroatoms. The van der Waals surface area contributed by atoms with Crippen LogP contribution in [0.4, 0.5) is 0 Å². The Hall–Kier alpha value is -2.03. The molecule has 100 valence electrons. The maximum atomic E-state index is 11.1. The van der Waals surface area contributed by atoms with Gasteiger partial charge >= 0.3 is 5.97 Å². The highest BCUT2D eigenvalue weighted by Crippen LogP contribution is 2.28. The average molecular weight is 305 g/mol. The molecule has 0 radical (unpaired) electrons. The van der Waals surface area contributed by atoms with Gasteiger partial charge in [-0.05, 0) is 29.8 Å². The summed E-state index contributed by atoms with van der Waals surface area (Å²) >= 11 is 7.37. The zero-order valence-corrected chi connectivity index (χ0v) is 11.8. The summed E-state index contributed by atoms with van der Waals surface area (Å²) in [7, 11) is 0. The second kappa shape index (κ2) is 6.42. The maximum absolute atomic E-state index is 11.1. The van der Waals surface area contributed by atoms with Crippen molar-refractivity contribution in [2.75, 3.05) is 0 Å². The minimum absolute atomic E-state index is 0.169. The monoisotopic (exact) mass is 304 g/mol. The van der Waals surface area contributed by atoms with Crippen LogP contribution < -0.4 is 0 Å². The number of carboxylic acids is 1. The topological polar surface area (TPSA) is 74.0 Å². The first-order chi connectivity index (χ1) is 9.61. The van der Waals surface area contributed by atoms with E-state index >= 15 is 0 Å². The number of aromatic nitrogens is 1. The Kier molecular flexibility index (Phi) is 4.61. The van der Waals surface area contributed by atoms with E-state index in [1.165, 1.54) is 17.8 Å². The van der Waals surface area contributed by atoms with E-state index in [9.17, 15) is 4.79 Å². The molecule has 4 nitrogen and oxygen atoms in total. The van der Waals surface area contributed by atoms with Crippen LogP contribution in [0.25, 0.3) is 0 Å². The molecule has 2 rings (SSSR count). The van der Waals surface area contributed by atoms with E-state index in [1.807, 2.05) is 6.07 Å². The Labute approximate surface area is 125 Å². The molecule has 1 aromatic carbocycles. The second-order valence-corrected chi connectivity index (χ2v) is 5.24. The highest BCUT2D eigenvalue weighted by atomic mass is 35.5. The molecule has 20 heavy (non-hydrogen) atoms. The molecule has 0 atom stereocenters. The lowest BCUT2D eigenvalue weighted by molar-refractivity contribution is 0.0692. The molecule has 0 fully saturated rings. The predicted octanol–water partition coefficient (Wildman–Crippen LogP) is 3.60. The Morgan fingerprint density at radius 1 is 1.45 bits per heavy atom. The van der Waals surface area contributed by atoms with Crippen molar-refractivity contribution in [3.63, 3.8) is 0 Å². The van der Waals surface area contributed by atoms with Gasteiger partial charge in [0.05, 0.1) is 17.2 Å². The fraction of sp³-hybridized carbons (Fsp3) is 0.0714. The summed E-state index contributed by atoms with van der Waals surface area (Å²) in [5, 5.41) is 18.8. The van der Waals surface area contributed by atoms with Crippen molar-refractivity contribution in [1.82, 2.24) is 4.98 Å². The number of hydrogen-bond donors (Lipinski definition) is 1. The summed E-state index contributed by atoms with van der Waals surface area (Å²) in [6, 6.07) is 10.1. The summed E-state index contributed by atoms with van der Waals surface area (Å²) in [5.41, 5.74) is 1.49. The molecule has 1 aromatic heterocycles. The number of hydrogen-bond acceptors (Lipinski definition) is 4. The smallest absolute Gasteiger partial charge is 0.338 e. The molecular weight excluding hydrogens is 296 g/mol. The molecule has 0 amide bonds. The van der Waals surface area contributed by atoms with Gasteiger partial charge in [-0.1, -0.05) is 17.7 Å². The van der Waals surface area contributed by atoms with Crippen molar-refractivity contribution in [2.45, 2.75) is 10.8 Å². The Balaban J connectivity index is 2.18. The van der Waals surface area contributed by atoms with Crippen molar-refractivity contribution in [3.05, 3.63) is 58.2 Å². The van der Waals surface area contributed by atoms with Crippen LogP contribution in [0.5, 0.6) is 0 Å². The summed E-state index contributed by atoms with van der Waals surface area (Å²) in [4.78, 5) is 15.1. The standard InChI is InChI=1S/C14H9ClN2O2S/c15-12-6-9(7-16)3-4-10(12)8-20-13-11(14(18)19)2-1-5-17-13/h1-6H,8H2,(H,18,19). The number of nitrogens with zero attached hydrogens (tertiary/aromatic N) is 2. The molecule has 0 aliphatic heterocycles. The molecule has 0 saturated heterocycles. The van der Waals surface area contributed by atoms with Gasteiger partial charge < -0.3 is 5.11 Å². The van der Waals surface area contributed by atoms with Crippen molar-refractivity contribution in [1.29, 1.82) is 5.26 Å². The van der Waals surface area contributed by atoms with Gasteiger partial charge in [0.1, 0.15) is 5.03 Å². The van der Waals surface area contributed by atoms with Crippen molar-refractivity contribution in [2.24, 2.45) is 0 Å². The molecule has 0 aliphatic rings. The van der Waals surface area contributed by atoms with Gasteiger partial charge in [0.15, 0.2) is 0 Å². The van der Waals surface area contributed by atoms with Crippen LogP contribution >= 0.6 is 23.4 Å². The normalized spacial score (nSPS) is 10.0. The van der Waals surface area contributed by atoms with Gasteiger partial charge in [-0.3, -0.25) is 0 Å². The van der Waals surface area contributed by atoms with Gasteiger partial charge in [0, 0.05) is 17.0 Å². The highest BCUT2D eigenvalue weighted by molar-refractivity contribution is 7.98. The van der Waals surface area contributed by atoms with Crippen LogP contribution in [0.2, 0.25) is 5.02 Å². The van der Waals surface area contributed by atoms with Gasteiger partial charge in [0.2, 0.25) is 0 Å². The first-order valence-corrected chi connectivity index (χ1v) is 6.98. The van der Waals surface area contributed by atoms with Crippen LogP contribution in [0.15, 0.2) is 41.6 Å². The van der Waals surface area contributed by atoms with Crippen LogP contribution in [-0.4, -0.2) is 16.1 Å². The lowest BCUT2D eigenvalue weighted by Gasteiger charge is -2.06. The zero-order chi connectivity index (χ0) is 14.5. The number of carbonyl (C=O) groups is 1. The number of benzene rings is 1. The van der Waals surface area contributed by atoms with E-state index < -0.39 is 5.97 Å². The molecule has 1 N–H and O–H groups in total. The Bertz CT molecular complexity index is 698. The minimum Gasteiger partial charge on any atom is -0.478 e. The lowest BCUT2D eigenvalue weighted by Crippen LogP contribution is -2.00. The van der Waals surface area contributed by atoms with Gasteiger partial charge in [-0.15, -0.1) is 11.8 Å². The molecule has 0 unspecified atom stereocenters. The summed E-state index contributed by atoms with van der Waals surface area (Å²) in [5.74, 6) is -0.520. The van der Waals surface area contributed by atoms with Crippen LogP contribution in [0.3, 0.4) is 0 Å². The number of thioether (sulfide) groups is 1. The van der Waals surface area contributed by atoms with E-state index in [0.717, 1.165) is 5.56 Å². The second-order valence-electron chi connectivity index (χ2n) is 3.87. The van der Waals surface area contributed by atoms with E-state index in [2.05, 4.69) is 4.98 Å². The first-order valence-electron chi connectivity index (χ1n) is 5.61. The third-order valence-corrected chi connectivity index (χ3v) is 3.95. The molecule has 0 spiro atoms. The summed E-state index contributed by atoms with van der Waals surface area (Å²) in [6.45, 7) is 0.